The van der Waals surface area contributed by atoms with Crippen LogP contribution in [0.25, 0.3) is 0 Å². The Morgan fingerprint density at radius 1 is 0.938 bits per heavy atom. The third-order valence-electron chi connectivity index (χ3n) is 6.66. The van der Waals surface area contributed by atoms with Crippen LogP contribution in [0.15, 0.2) is 42.5 Å². The predicted molar refractivity (Wildman–Crippen MR) is 123 cm³/mol. The van der Waals surface area contributed by atoms with E-state index in [0.29, 0.717) is 12.6 Å². The summed E-state index contributed by atoms with van der Waals surface area (Å²) < 4.78 is 26.4. The van der Waals surface area contributed by atoms with Gasteiger partial charge in [-0.1, -0.05) is 13.0 Å². The van der Waals surface area contributed by atoms with Gasteiger partial charge in [0.15, 0.2) is 11.6 Å². The maximum absolute atomic E-state index is 13.4. The molecular weight excluding hydrogens is 410 g/mol. The first-order valence-corrected chi connectivity index (χ1v) is 11.6. The molecule has 2 aliphatic heterocycles. The summed E-state index contributed by atoms with van der Waals surface area (Å²) >= 11 is 0. The van der Waals surface area contributed by atoms with Crippen LogP contribution in [0, 0.1) is 11.6 Å². The molecule has 7 heteroatoms. The summed E-state index contributed by atoms with van der Waals surface area (Å²) in [5, 5.41) is 3.45. The van der Waals surface area contributed by atoms with Crippen molar-refractivity contribution in [3.05, 3.63) is 65.2 Å². The van der Waals surface area contributed by atoms with E-state index in [-0.39, 0.29) is 5.91 Å². The molecule has 2 aromatic rings. The molecule has 32 heavy (non-hydrogen) atoms. The number of carbonyl (C=O) groups excluding carboxylic acids is 1. The molecule has 0 bridgehead atoms. The van der Waals surface area contributed by atoms with Crippen molar-refractivity contribution in [2.75, 3.05) is 50.7 Å². The Morgan fingerprint density at radius 2 is 1.62 bits per heavy atom. The number of piperidine rings is 1. The molecule has 0 aliphatic carbocycles. The zero-order chi connectivity index (χ0) is 22.5. The minimum absolute atomic E-state index is 0.118. The summed E-state index contributed by atoms with van der Waals surface area (Å²) in [6.07, 6.45) is 1.96. The van der Waals surface area contributed by atoms with Gasteiger partial charge in [0, 0.05) is 63.1 Å². The largest absolute Gasteiger partial charge is 0.371 e. The molecule has 2 saturated heterocycles. The average molecular weight is 443 g/mol. The van der Waals surface area contributed by atoms with Gasteiger partial charge in [0.1, 0.15) is 0 Å². The molecule has 172 valence electrons. The lowest BCUT2D eigenvalue weighted by Gasteiger charge is -2.35. The SMILES string of the molecule is CCN1CCN(C(=O)c2ccc(N3CCC(NCc4ccc(F)c(F)c4)CC3)cc2)CC1. The summed E-state index contributed by atoms with van der Waals surface area (Å²) in [6.45, 7) is 9.03. The first-order valence-electron chi connectivity index (χ1n) is 11.6. The zero-order valence-electron chi connectivity index (χ0n) is 18.7. The lowest BCUT2D eigenvalue weighted by Crippen LogP contribution is -2.48. The first kappa shape index (κ1) is 22.7. The van der Waals surface area contributed by atoms with Gasteiger partial charge < -0.3 is 20.0 Å². The standard InChI is InChI=1S/C25H32F2N4O/c1-2-29-13-15-31(16-14-29)25(32)20-4-6-22(7-5-20)30-11-9-21(10-12-30)28-18-19-3-8-23(26)24(27)17-19/h3-8,17,21,28H,2,9-16,18H2,1H3. The summed E-state index contributed by atoms with van der Waals surface area (Å²) in [5.41, 5.74) is 2.64. The van der Waals surface area contributed by atoms with Crippen molar-refractivity contribution in [2.45, 2.75) is 32.4 Å². The average Bonchev–Trinajstić information content (AvgIpc) is 2.85. The van der Waals surface area contributed by atoms with E-state index >= 15 is 0 Å². The van der Waals surface area contributed by atoms with Gasteiger partial charge in [-0.15, -0.1) is 0 Å². The monoisotopic (exact) mass is 442 g/mol. The minimum atomic E-state index is -0.811. The highest BCUT2D eigenvalue weighted by Crippen LogP contribution is 2.22. The molecule has 2 aromatic carbocycles. The Morgan fingerprint density at radius 3 is 2.25 bits per heavy atom. The third-order valence-corrected chi connectivity index (χ3v) is 6.66. The number of nitrogens with one attached hydrogen (secondary N) is 1. The van der Waals surface area contributed by atoms with Crippen LogP contribution in [0.5, 0.6) is 0 Å². The molecular formula is C25H32F2N4O. The van der Waals surface area contributed by atoms with E-state index in [1.165, 1.54) is 12.1 Å². The van der Waals surface area contributed by atoms with E-state index in [1.807, 2.05) is 29.2 Å². The molecule has 0 aromatic heterocycles. The van der Waals surface area contributed by atoms with E-state index in [4.69, 9.17) is 0 Å². The number of piperazine rings is 1. The lowest BCUT2D eigenvalue weighted by atomic mass is 10.0. The molecule has 2 aliphatic rings. The number of anilines is 1. The van der Waals surface area contributed by atoms with Crippen LogP contribution >= 0.6 is 0 Å². The Balaban J connectivity index is 1.25. The number of nitrogens with zero attached hydrogens (tertiary/aromatic N) is 3. The normalized spacial score (nSPS) is 18.2. The molecule has 0 unspecified atom stereocenters. The van der Waals surface area contributed by atoms with Crippen molar-refractivity contribution < 1.29 is 13.6 Å². The number of carbonyl (C=O) groups is 1. The van der Waals surface area contributed by atoms with Crippen molar-refractivity contribution in [1.29, 1.82) is 0 Å². The van der Waals surface area contributed by atoms with Crippen molar-refractivity contribution in [2.24, 2.45) is 0 Å². The van der Waals surface area contributed by atoms with Gasteiger partial charge in [-0.2, -0.15) is 0 Å². The lowest BCUT2D eigenvalue weighted by molar-refractivity contribution is 0.0643. The molecule has 1 amide bonds. The number of amides is 1. The van der Waals surface area contributed by atoms with Crippen molar-refractivity contribution >= 4 is 11.6 Å². The van der Waals surface area contributed by atoms with Crippen LogP contribution in [0.1, 0.15) is 35.7 Å². The van der Waals surface area contributed by atoms with Gasteiger partial charge in [-0.25, -0.2) is 8.78 Å². The van der Waals surface area contributed by atoms with E-state index in [2.05, 4.69) is 22.0 Å². The molecule has 0 spiro atoms. The molecule has 2 heterocycles. The van der Waals surface area contributed by atoms with Gasteiger partial charge in [0.05, 0.1) is 0 Å². The molecule has 1 N–H and O–H groups in total. The second kappa shape index (κ2) is 10.4. The van der Waals surface area contributed by atoms with E-state index in [1.54, 1.807) is 6.07 Å². The maximum Gasteiger partial charge on any atom is 0.253 e. The number of halogens is 2. The molecule has 2 fully saturated rings. The molecule has 0 radical (unpaired) electrons. The van der Waals surface area contributed by atoms with Gasteiger partial charge in [0.2, 0.25) is 0 Å². The third kappa shape index (κ3) is 5.45. The molecule has 0 saturated carbocycles. The Hall–Kier alpha value is -2.51. The Labute approximate surface area is 189 Å². The quantitative estimate of drug-likeness (QED) is 0.743. The highest BCUT2D eigenvalue weighted by molar-refractivity contribution is 5.94. The first-order chi connectivity index (χ1) is 15.5. The number of likely N-dealkylation sites (N-methyl/N-ethyl adjacent to an activating group) is 1. The summed E-state index contributed by atoms with van der Waals surface area (Å²) in [6, 6.07) is 12.4. The number of benzene rings is 2. The molecule has 5 nitrogen and oxygen atoms in total. The van der Waals surface area contributed by atoms with E-state index in [9.17, 15) is 13.6 Å². The van der Waals surface area contributed by atoms with Gasteiger partial charge in [-0.05, 0) is 61.3 Å². The van der Waals surface area contributed by atoms with Gasteiger partial charge >= 0.3 is 0 Å². The number of hydrogen-bond acceptors (Lipinski definition) is 4. The highest BCUT2D eigenvalue weighted by Gasteiger charge is 2.22. The predicted octanol–water partition coefficient (Wildman–Crippen LogP) is 3.50. The Kier molecular flexibility index (Phi) is 7.37. The maximum atomic E-state index is 13.4. The van der Waals surface area contributed by atoms with Crippen LogP contribution in [0.3, 0.4) is 0 Å². The van der Waals surface area contributed by atoms with Gasteiger partial charge in [-0.3, -0.25) is 4.79 Å². The minimum Gasteiger partial charge on any atom is -0.371 e. The number of hydrogen-bond donors (Lipinski definition) is 1. The van der Waals surface area contributed by atoms with Crippen molar-refractivity contribution in [3.8, 4) is 0 Å². The van der Waals surface area contributed by atoms with Crippen molar-refractivity contribution in [1.82, 2.24) is 15.1 Å². The Bertz CT molecular complexity index is 905. The van der Waals surface area contributed by atoms with Crippen LogP contribution in [-0.4, -0.2) is 67.6 Å². The van der Waals surface area contributed by atoms with E-state index in [0.717, 1.165) is 75.5 Å². The van der Waals surface area contributed by atoms with Crippen molar-refractivity contribution in [3.63, 3.8) is 0 Å². The fourth-order valence-corrected chi connectivity index (χ4v) is 4.52. The molecule has 4 rings (SSSR count). The second-order valence-corrected chi connectivity index (χ2v) is 8.66. The topological polar surface area (TPSA) is 38.8 Å². The smallest absolute Gasteiger partial charge is 0.253 e. The number of rotatable bonds is 6. The summed E-state index contributed by atoms with van der Waals surface area (Å²) in [7, 11) is 0. The van der Waals surface area contributed by atoms with Crippen LogP contribution < -0.4 is 10.2 Å². The summed E-state index contributed by atoms with van der Waals surface area (Å²) in [5.74, 6) is -1.49. The highest BCUT2D eigenvalue weighted by atomic mass is 19.2. The zero-order valence-corrected chi connectivity index (χ0v) is 18.7. The van der Waals surface area contributed by atoms with Crippen LogP contribution in [-0.2, 0) is 6.54 Å². The second-order valence-electron chi connectivity index (χ2n) is 8.66. The summed E-state index contributed by atoms with van der Waals surface area (Å²) in [4.78, 5) is 19.4. The van der Waals surface area contributed by atoms with Crippen LogP contribution in [0.4, 0.5) is 14.5 Å². The van der Waals surface area contributed by atoms with Gasteiger partial charge in [0.25, 0.3) is 5.91 Å². The van der Waals surface area contributed by atoms with Crippen LogP contribution in [0.2, 0.25) is 0 Å². The molecule has 0 atom stereocenters. The fourth-order valence-electron chi connectivity index (χ4n) is 4.52. The van der Waals surface area contributed by atoms with E-state index < -0.39 is 11.6 Å². The fraction of sp³-hybridized carbons (Fsp3) is 0.480.